The lowest BCUT2D eigenvalue weighted by atomic mass is 9.79. The summed E-state index contributed by atoms with van der Waals surface area (Å²) >= 11 is 0. The highest BCUT2D eigenvalue weighted by Gasteiger charge is 2.43. The van der Waals surface area contributed by atoms with Gasteiger partial charge in [0.25, 0.3) is 0 Å². The van der Waals surface area contributed by atoms with E-state index in [1.807, 2.05) is 0 Å². The van der Waals surface area contributed by atoms with Crippen molar-refractivity contribution < 1.29 is 4.74 Å². The van der Waals surface area contributed by atoms with Crippen LogP contribution in [-0.2, 0) is 4.74 Å². The topological polar surface area (TPSA) is 38.5 Å². The number of likely N-dealkylation sites (tertiary alicyclic amines) is 1. The summed E-state index contributed by atoms with van der Waals surface area (Å²) in [4.78, 5) is 2.66. The summed E-state index contributed by atoms with van der Waals surface area (Å²) in [5.74, 6) is 1.48. The van der Waals surface area contributed by atoms with Gasteiger partial charge in [-0.1, -0.05) is 6.92 Å². The predicted octanol–water partition coefficient (Wildman–Crippen LogP) is 1.86. The van der Waals surface area contributed by atoms with E-state index in [0.29, 0.717) is 12.0 Å². The van der Waals surface area contributed by atoms with Crippen LogP contribution < -0.4 is 5.73 Å². The molecular formula is C14H28N2O. The molecule has 4 unspecified atom stereocenters. The molecule has 3 heteroatoms. The Morgan fingerprint density at radius 3 is 2.65 bits per heavy atom. The van der Waals surface area contributed by atoms with E-state index in [-0.39, 0.29) is 5.54 Å². The van der Waals surface area contributed by atoms with E-state index in [0.717, 1.165) is 25.7 Å². The van der Waals surface area contributed by atoms with Crippen molar-refractivity contribution in [2.45, 2.75) is 51.6 Å². The highest BCUT2D eigenvalue weighted by molar-refractivity contribution is 4.98. The molecule has 0 spiro atoms. The first kappa shape index (κ1) is 13.3. The molecule has 2 rings (SSSR count). The lowest BCUT2D eigenvalue weighted by molar-refractivity contribution is -0.0138. The molecule has 4 atom stereocenters. The molecule has 0 aromatic carbocycles. The monoisotopic (exact) mass is 240 g/mol. The Morgan fingerprint density at radius 2 is 2.12 bits per heavy atom. The van der Waals surface area contributed by atoms with Crippen LogP contribution in [0.3, 0.4) is 0 Å². The summed E-state index contributed by atoms with van der Waals surface area (Å²) in [5, 5.41) is 0. The summed E-state index contributed by atoms with van der Waals surface area (Å²) in [6, 6.07) is 0.660. The molecule has 2 fully saturated rings. The molecule has 0 radical (unpaired) electrons. The van der Waals surface area contributed by atoms with E-state index < -0.39 is 0 Å². The first-order valence-electron chi connectivity index (χ1n) is 7.12. The second-order valence-electron chi connectivity index (χ2n) is 6.29. The third kappa shape index (κ3) is 2.51. The average molecular weight is 240 g/mol. The maximum atomic E-state index is 6.12. The number of piperidine rings is 1. The molecule has 2 heterocycles. The van der Waals surface area contributed by atoms with Crippen LogP contribution in [0.5, 0.6) is 0 Å². The molecule has 0 aromatic heterocycles. The van der Waals surface area contributed by atoms with Crippen molar-refractivity contribution >= 4 is 0 Å². The van der Waals surface area contributed by atoms with E-state index in [9.17, 15) is 0 Å². The van der Waals surface area contributed by atoms with Crippen molar-refractivity contribution in [3.63, 3.8) is 0 Å². The third-order valence-corrected chi connectivity index (χ3v) is 5.02. The van der Waals surface area contributed by atoms with Crippen molar-refractivity contribution in [2.24, 2.45) is 17.6 Å². The zero-order chi connectivity index (χ0) is 12.5. The summed E-state index contributed by atoms with van der Waals surface area (Å²) in [6.07, 6.45) is 3.79. The molecule has 0 saturated carbocycles. The number of nitrogens with zero attached hydrogens (tertiary/aromatic N) is 1. The second-order valence-corrected chi connectivity index (χ2v) is 6.29. The number of hydrogen-bond donors (Lipinski definition) is 1. The zero-order valence-corrected chi connectivity index (χ0v) is 11.6. The molecule has 2 aliphatic heterocycles. The minimum atomic E-state index is 0.135. The number of nitrogens with two attached hydrogens (primary N) is 1. The van der Waals surface area contributed by atoms with Crippen molar-refractivity contribution in [1.29, 1.82) is 0 Å². The van der Waals surface area contributed by atoms with Gasteiger partial charge in [0.1, 0.15) is 0 Å². The van der Waals surface area contributed by atoms with Crippen LogP contribution in [0.15, 0.2) is 0 Å². The van der Waals surface area contributed by atoms with Crippen molar-refractivity contribution in [3.8, 4) is 0 Å². The van der Waals surface area contributed by atoms with Crippen LogP contribution >= 0.6 is 0 Å². The van der Waals surface area contributed by atoms with Crippen LogP contribution in [0.4, 0.5) is 0 Å². The van der Waals surface area contributed by atoms with Crippen LogP contribution in [0.1, 0.15) is 40.0 Å². The third-order valence-electron chi connectivity index (χ3n) is 5.02. The second kappa shape index (κ2) is 5.25. The van der Waals surface area contributed by atoms with Gasteiger partial charge in [0.15, 0.2) is 0 Å². The Kier molecular flexibility index (Phi) is 4.11. The van der Waals surface area contributed by atoms with Gasteiger partial charge in [-0.3, -0.25) is 4.90 Å². The Labute approximate surface area is 106 Å². The average Bonchev–Trinajstić information content (AvgIpc) is 2.82. The molecule has 0 aromatic rings. The lowest BCUT2D eigenvalue weighted by Gasteiger charge is -2.50. The van der Waals surface area contributed by atoms with E-state index in [1.165, 1.54) is 25.8 Å². The zero-order valence-electron chi connectivity index (χ0n) is 11.6. The van der Waals surface area contributed by atoms with Gasteiger partial charge < -0.3 is 10.5 Å². The molecule has 2 saturated heterocycles. The quantitative estimate of drug-likeness (QED) is 0.818. The van der Waals surface area contributed by atoms with E-state index >= 15 is 0 Å². The van der Waals surface area contributed by atoms with Gasteiger partial charge >= 0.3 is 0 Å². The van der Waals surface area contributed by atoms with Gasteiger partial charge in [-0.2, -0.15) is 0 Å². The molecule has 0 bridgehead atoms. The molecule has 0 aliphatic carbocycles. The lowest BCUT2D eigenvalue weighted by Crippen LogP contribution is -2.61. The van der Waals surface area contributed by atoms with E-state index in [2.05, 4.69) is 25.7 Å². The molecule has 2 N–H and O–H groups in total. The van der Waals surface area contributed by atoms with E-state index in [1.54, 1.807) is 0 Å². The van der Waals surface area contributed by atoms with Gasteiger partial charge in [-0.05, 0) is 45.6 Å². The highest BCUT2D eigenvalue weighted by atomic mass is 16.5. The smallest absolute Gasteiger partial charge is 0.0513 e. The summed E-state index contributed by atoms with van der Waals surface area (Å²) in [5.41, 5.74) is 6.25. The summed E-state index contributed by atoms with van der Waals surface area (Å²) in [7, 11) is 0. The van der Waals surface area contributed by atoms with Gasteiger partial charge in [0.2, 0.25) is 0 Å². The number of ether oxygens (including phenoxy) is 1. The Balaban J connectivity index is 2.10. The van der Waals surface area contributed by atoms with Gasteiger partial charge in [0.05, 0.1) is 6.61 Å². The van der Waals surface area contributed by atoms with Crippen LogP contribution in [0.2, 0.25) is 0 Å². The molecular weight excluding hydrogens is 212 g/mol. The van der Waals surface area contributed by atoms with Crippen molar-refractivity contribution in [2.75, 3.05) is 26.3 Å². The molecule has 0 amide bonds. The maximum absolute atomic E-state index is 6.12. The van der Waals surface area contributed by atoms with E-state index in [4.69, 9.17) is 10.5 Å². The van der Waals surface area contributed by atoms with Crippen LogP contribution in [0, 0.1) is 11.8 Å². The Morgan fingerprint density at radius 1 is 1.35 bits per heavy atom. The molecule has 3 nitrogen and oxygen atoms in total. The SMILES string of the molecule is CC1CCN(C(C)(CN)C2CCOC2)C(C)C1. The Hall–Kier alpha value is -0.120. The highest BCUT2D eigenvalue weighted by Crippen LogP contribution is 2.36. The van der Waals surface area contributed by atoms with Gasteiger partial charge in [-0.25, -0.2) is 0 Å². The van der Waals surface area contributed by atoms with Crippen LogP contribution in [0.25, 0.3) is 0 Å². The molecule has 2 aliphatic rings. The summed E-state index contributed by atoms with van der Waals surface area (Å²) < 4.78 is 5.57. The molecule has 17 heavy (non-hydrogen) atoms. The minimum Gasteiger partial charge on any atom is -0.381 e. The maximum Gasteiger partial charge on any atom is 0.0513 e. The van der Waals surface area contributed by atoms with Gasteiger partial charge in [-0.15, -0.1) is 0 Å². The fourth-order valence-electron chi connectivity index (χ4n) is 3.71. The largest absolute Gasteiger partial charge is 0.381 e. The standard InChI is InChI=1S/C14H28N2O/c1-11-4-6-16(12(2)8-11)14(3,10-15)13-5-7-17-9-13/h11-13H,4-10,15H2,1-3H3. The molecule has 100 valence electrons. The minimum absolute atomic E-state index is 0.135. The normalized spacial score (nSPS) is 39.2. The summed E-state index contributed by atoms with van der Waals surface area (Å²) in [6.45, 7) is 10.8. The number of hydrogen-bond acceptors (Lipinski definition) is 3. The number of rotatable bonds is 3. The van der Waals surface area contributed by atoms with Crippen molar-refractivity contribution in [1.82, 2.24) is 4.90 Å². The Bertz CT molecular complexity index is 253. The fraction of sp³-hybridized carbons (Fsp3) is 1.00. The van der Waals surface area contributed by atoms with Crippen LogP contribution in [-0.4, -0.2) is 42.8 Å². The predicted molar refractivity (Wildman–Crippen MR) is 71.0 cm³/mol. The first-order chi connectivity index (χ1) is 8.08. The first-order valence-corrected chi connectivity index (χ1v) is 7.12. The van der Waals surface area contributed by atoms with Crippen molar-refractivity contribution in [3.05, 3.63) is 0 Å². The fourth-order valence-corrected chi connectivity index (χ4v) is 3.71. The van der Waals surface area contributed by atoms with Gasteiger partial charge in [0, 0.05) is 30.7 Å².